The lowest BCUT2D eigenvalue weighted by Crippen LogP contribution is -2.35. The molecule has 1 aromatic rings. The van der Waals surface area contributed by atoms with Crippen molar-refractivity contribution in [3.8, 4) is 11.5 Å². The van der Waals surface area contributed by atoms with E-state index in [0.717, 1.165) is 24.6 Å². The first kappa shape index (κ1) is 15.8. The van der Waals surface area contributed by atoms with Crippen molar-refractivity contribution in [2.24, 2.45) is 0 Å². The van der Waals surface area contributed by atoms with Gasteiger partial charge in [-0.3, -0.25) is 0 Å². The SMILES string of the molecule is CCOc1ccc(CNCC(C)N(C)C)cc1OC. The van der Waals surface area contributed by atoms with Gasteiger partial charge in [-0.1, -0.05) is 6.07 Å². The van der Waals surface area contributed by atoms with Crippen molar-refractivity contribution in [2.45, 2.75) is 26.4 Å². The molecular formula is C15H26N2O2. The maximum atomic E-state index is 5.50. The fraction of sp³-hybridized carbons (Fsp3) is 0.600. The number of ether oxygens (including phenoxy) is 2. The van der Waals surface area contributed by atoms with Crippen molar-refractivity contribution in [1.29, 1.82) is 0 Å². The number of nitrogens with one attached hydrogen (secondary N) is 1. The fourth-order valence-corrected chi connectivity index (χ4v) is 1.70. The molecule has 1 rings (SSSR count). The summed E-state index contributed by atoms with van der Waals surface area (Å²) in [7, 11) is 5.85. The van der Waals surface area contributed by atoms with Crippen LogP contribution >= 0.6 is 0 Å². The molecule has 0 spiro atoms. The number of hydrogen-bond donors (Lipinski definition) is 1. The van der Waals surface area contributed by atoms with Gasteiger partial charge in [0.1, 0.15) is 0 Å². The summed E-state index contributed by atoms with van der Waals surface area (Å²) in [4.78, 5) is 2.20. The highest BCUT2D eigenvalue weighted by Crippen LogP contribution is 2.27. The van der Waals surface area contributed by atoms with Crippen molar-refractivity contribution >= 4 is 0 Å². The highest BCUT2D eigenvalue weighted by atomic mass is 16.5. The second-order valence-electron chi connectivity index (χ2n) is 4.86. The molecule has 0 fully saturated rings. The Morgan fingerprint density at radius 3 is 2.58 bits per heavy atom. The molecule has 1 atom stereocenters. The Labute approximate surface area is 116 Å². The zero-order chi connectivity index (χ0) is 14.3. The summed E-state index contributed by atoms with van der Waals surface area (Å²) in [6.07, 6.45) is 0. The molecule has 108 valence electrons. The molecule has 1 N–H and O–H groups in total. The average Bonchev–Trinajstić information content (AvgIpc) is 2.40. The smallest absolute Gasteiger partial charge is 0.161 e. The van der Waals surface area contributed by atoms with Crippen LogP contribution in [0.25, 0.3) is 0 Å². The Kier molecular flexibility index (Phi) is 6.67. The third-order valence-corrected chi connectivity index (χ3v) is 3.18. The average molecular weight is 266 g/mol. The van der Waals surface area contributed by atoms with Crippen molar-refractivity contribution in [1.82, 2.24) is 10.2 Å². The summed E-state index contributed by atoms with van der Waals surface area (Å²) in [5.41, 5.74) is 1.20. The van der Waals surface area contributed by atoms with E-state index >= 15 is 0 Å². The van der Waals surface area contributed by atoms with Crippen molar-refractivity contribution < 1.29 is 9.47 Å². The molecule has 4 nitrogen and oxygen atoms in total. The van der Waals surface area contributed by atoms with Gasteiger partial charge in [0.05, 0.1) is 13.7 Å². The molecular weight excluding hydrogens is 240 g/mol. The minimum Gasteiger partial charge on any atom is -0.493 e. The highest BCUT2D eigenvalue weighted by molar-refractivity contribution is 5.42. The van der Waals surface area contributed by atoms with Crippen LogP contribution in [-0.4, -0.2) is 45.3 Å². The van der Waals surface area contributed by atoms with E-state index in [1.807, 2.05) is 19.1 Å². The topological polar surface area (TPSA) is 33.7 Å². The molecule has 1 aromatic carbocycles. The summed E-state index contributed by atoms with van der Waals surface area (Å²) in [5, 5.41) is 3.45. The number of likely N-dealkylation sites (N-methyl/N-ethyl adjacent to an activating group) is 1. The number of nitrogens with zero attached hydrogens (tertiary/aromatic N) is 1. The zero-order valence-electron chi connectivity index (χ0n) is 12.7. The second kappa shape index (κ2) is 8.02. The number of hydrogen-bond acceptors (Lipinski definition) is 4. The third kappa shape index (κ3) is 5.09. The van der Waals surface area contributed by atoms with Gasteiger partial charge in [-0.25, -0.2) is 0 Å². The van der Waals surface area contributed by atoms with Crippen molar-refractivity contribution in [3.05, 3.63) is 23.8 Å². The molecule has 0 aliphatic carbocycles. The van der Waals surface area contributed by atoms with Crippen LogP contribution in [0.15, 0.2) is 18.2 Å². The van der Waals surface area contributed by atoms with Gasteiger partial charge in [-0.05, 0) is 45.6 Å². The van der Waals surface area contributed by atoms with E-state index in [1.54, 1.807) is 7.11 Å². The summed E-state index contributed by atoms with van der Waals surface area (Å²) >= 11 is 0. The third-order valence-electron chi connectivity index (χ3n) is 3.18. The minimum atomic E-state index is 0.518. The van der Waals surface area contributed by atoms with E-state index in [-0.39, 0.29) is 0 Å². The van der Waals surface area contributed by atoms with E-state index in [1.165, 1.54) is 5.56 Å². The van der Waals surface area contributed by atoms with Crippen LogP contribution in [0.1, 0.15) is 19.4 Å². The van der Waals surface area contributed by atoms with Gasteiger partial charge >= 0.3 is 0 Å². The van der Waals surface area contributed by atoms with Crippen LogP contribution in [-0.2, 0) is 6.54 Å². The van der Waals surface area contributed by atoms with E-state index in [4.69, 9.17) is 9.47 Å². The molecule has 0 bridgehead atoms. The summed E-state index contributed by atoms with van der Waals surface area (Å²) in [6.45, 7) is 6.61. The lowest BCUT2D eigenvalue weighted by Gasteiger charge is -2.20. The first-order valence-corrected chi connectivity index (χ1v) is 6.75. The standard InChI is InChI=1S/C15H26N2O2/c1-6-19-14-8-7-13(9-15(14)18-5)11-16-10-12(2)17(3)4/h7-9,12,16H,6,10-11H2,1-5H3. The summed E-state index contributed by atoms with van der Waals surface area (Å²) in [5.74, 6) is 1.59. The maximum absolute atomic E-state index is 5.50. The molecule has 0 aromatic heterocycles. The molecule has 0 radical (unpaired) electrons. The Hall–Kier alpha value is -1.26. The first-order chi connectivity index (χ1) is 9.08. The van der Waals surface area contributed by atoms with Gasteiger partial charge in [0, 0.05) is 19.1 Å². The Morgan fingerprint density at radius 1 is 1.26 bits per heavy atom. The van der Waals surface area contributed by atoms with Gasteiger partial charge < -0.3 is 19.7 Å². The highest BCUT2D eigenvalue weighted by Gasteiger charge is 2.06. The van der Waals surface area contributed by atoms with Gasteiger partial charge in [-0.2, -0.15) is 0 Å². The van der Waals surface area contributed by atoms with Crippen LogP contribution in [0.3, 0.4) is 0 Å². The van der Waals surface area contributed by atoms with Crippen LogP contribution in [0.2, 0.25) is 0 Å². The van der Waals surface area contributed by atoms with Crippen molar-refractivity contribution in [3.63, 3.8) is 0 Å². The molecule has 0 saturated heterocycles. The van der Waals surface area contributed by atoms with Crippen LogP contribution < -0.4 is 14.8 Å². The van der Waals surface area contributed by atoms with Crippen LogP contribution in [0.5, 0.6) is 11.5 Å². The number of methoxy groups -OCH3 is 1. The Bertz CT molecular complexity index is 380. The van der Waals surface area contributed by atoms with Gasteiger partial charge in [0.2, 0.25) is 0 Å². The number of rotatable bonds is 8. The molecule has 1 unspecified atom stereocenters. The quantitative estimate of drug-likeness (QED) is 0.781. The van der Waals surface area contributed by atoms with E-state index in [9.17, 15) is 0 Å². The molecule has 0 saturated carbocycles. The monoisotopic (exact) mass is 266 g/mol. The van der Waals surface area contributed by atoms with Crippen LogP contribution in [0, 0.1) is 0 Å². The molecule has 0 heterocycles. The largest absolute Gasteiger partial charge is 0.493 e. The molecule has 4 heteroatoms. The lowest BCUT2D eigenvalue weighted by atomic mass is 10.2. The second-order valence-corrected chi connectivity index (χ2v) is 4.86. The van der Waals surface area contributed by atoms with E-state index in [0.29, 0.717) is 12.6 Å². The first-order valence-electron chi connectivity index (χ1n) is 6.75. The molecule has 0 aliphatic heterocycles. The lowest BCUT2D eigenvalue weighted by molar-refractivity contribution is 0.302. The zero-order valence-corrected chi connectivity index (χ0v) is 12.7. The van der Waals surface area contributed by atoms with Gasteiger partial charge in [0.15, 0.2) is 11.5 Å². The maximum Gasteiger partial charge on any atom is 0.161 e. The predicted octanol–water partition coefficient (Wildman–Crippen LogP) is 2.13. The van der Waals surface area contributed by atoms with Gasteiger partial charge in [-0.15, -0.1) is 0 Å². The summed E-state index contributed by atoms with van der Waals surface area (Å²) < 4.78 is 10.8. The normalized spacial score (nSPS) is 12.5. The van der Waals surface area contributed by atoms with Crippen LogP contribution in [0.4, 0.5) is 0 Å². The minimum absolute atomic E-state index is 0.518. The predicted molar refractivity (Wildman–Crippen MR) is 79.0 cm³/mol. The van der Waals surface area contributed by atoms with E-state index < -0.39 is 0 Å². The Balaban J connectivity index is 2.55. The van der Waals surface area contributed by atoms with E-state index in [2.05, 4.69) is 37.3 Å². The fourth-order valence-electron chi connectivity index (χ4n) is 1.70. The summed E-state index contributed by atoms with van der Waals surface area (Å²) in [6, 6.07) is 6.58. The molecule has 0 amide bonds. The van der Waals surface area contributed by atoms with Crippen molar-refractivity contribution in [2.75, 3.05) is 34.4 Å². The molecule has 19 heavy (non-hydrogen) atoms. The number of benzene rings is 1. The Morgan fingerprint density at radius 2 is 2.00 bits per heavy atom. The molecule has 0 aliphatic rings. The van der Waals surface area contributed by atoms with Gasteiger partial charge in [0.25, 0.3) is 0 Å².